The summed E-state index contributed by atoms with van der Waals surface area (Å²) in [7, 11) is 0. The van der Waals surface area contributed by atoms with Gasteiger partial charge in [-0.1, -0.05) is 145 Å². The van der Waals surface area contributed by atoms with Crippen LogP contribution in [0.4, 0.5) is 0 Å². The molecule has 0 saturated carbocycles. The predicted molar refractivity (Wildman–Crippen MR) is 240 cm³/mol. The van der Waals surface area contributed by atoms with Crippen LogP contribution in [0.5, 0.6) is 0 Å². The van der Waals surface area contributed by atoms with E-state index in [0.29, 0.717) is 26.2 Å². The lowest BCUT2D eigenvalue weighted by atomic mass is 9.97. The summed E-state index contributed by atoms with van der Waals surface area (Å²) in [5, 5.41) is 26.0. The molecule has 2 atom stereocenters. The predicted octanol–water partition coefficient (Wildman–Crippen LogP) is 9.92. The maximum absolute atomic E-state index is 11.8. The monoisotopic (exact) mass is 764 g/mol. The van der Waals surface area contributed by atoms with Crippen LogP contribution in [0.3, 0.4) is 0 Å². The molecule has 6 aromatic carbocycles. The second-order valence-electron chi connectivity index (χ2n) is 16.1. The van der Waals surface area contributed by atoms with Gasteiger partial charge in [-0.15, -0.1) is 0 Å². The van der Waals surface area contributed by atoms with Gasteiger partial charge in [0.2, 0.25) is 0 Å². The zero-order chi connectivity index (χ0) is 39.6. The van der Waals surface area contributed by atoms with Gasteiger partial charge < -0.3 is 19.3 Å². The lowest BCUT2D eigenvalue weighted by molar-refractivity contribution is 0.0412. The summed E-state index contributed by atoms with van der Waals surface area (Å²) in [6, 6.07) is 55.8. The summed E-state index contributed by atoms with van der Waals surface area (Å²) in [6.07, 6.45) is -1.11. The third-order valence-corrected chi connectivity index (χ3v) is 11.8. The number of aromatic nitrogens is 2. The average Bonchev–Trinajstić information content (AvgIpc) is 3.73. The van der Waals surface area contributed by atoms with Crippen LogP contribution in [0.25, 0.3) is 66.6 Å². The van der Waals surface area contributed by atoms with E-state index in [1.807, 2.05) is 0 Å². The number of hydrogen-bond donors (Lipinski definition) is 2. The fourth-order valence-corrected chi connectivity index (χ4v) is 9.19. The highest BCUT2D eigenvalue weighted by Gasteiger charge is 2.27. The minimum Gasteiger partial charge on any atom is -0.390 e. The summed E-state index contributed by atoms with van der Waals surface area (Å²) < 4.78 is 4.67. The molecule has 0 aliphatic carbocycles. The molecule has 0 bridgehead atoms. The first-order chi connectivity index (χ1) is 28.4. The van der Waals surface area contributed by atoms with Gasteiger partial charge in [0.05, 0.1) is 36.7 Å². The van der Waals surface area contributed by atoms with Crippen molar-refractivity contribution in [3.8, 4) is 44.8 Å². The van der Waals surface area contributed by atoms with E-state index >= 15 is 0 Å². The highest BCUT2D eigenvalue weighted by atomic mass is 16.3. The normalized spacial score (nSPS) is 15.0. The van der Waals surface area contributed by atoms with Crippen molar-refractivity contribution in [3.05, 3.63) is 169 Å². The van der Waals surface area contributed by atoms with Crippen LogP contribution in [-0.4, -0.2) is 80.6 Å². The Balaban J connectivity index is 0.913. The molecule has 0 radical (unpaired) electrons. The van der Waals surface area contributed by atoms with Crippen molar-refractivity contribution in [2.24, 2.45) is 0 Å². The van der Waals surface area contributed by atoms with Crippen molar-refractivity contribution in [2.45, 2.75) is 39.1 Å². The van der Waals surface area contributed by atoms with E-state index in [4.69, 9.17) is 0 Å². The number of β-amino-alcohol motifs (C(OH)–C–C–N with tert-alkyl or cyclic N) is 2. The molecule has 0 amide bonds. The Labute approximate surface area is 341 Å². The number of aliphatic hydroxyl groups is 2. The minimum atomic E-state index is -0.555. The number of piperazine rings is 1. The highest BCUT2D eigenvalue weighted by Crippen LogP contribution is 2.43. The Bertz CT molecular complexity index is 2440. The quantitative estimate of drug-likeness (QED) is 0.130. The van der Waals surface area contributed by atoms with E-state index in [2.05, 4.69) is 191 Å². The number of fused-ring (bicyclic) bond motifs is 2. The second-order valence-corrected chi connectivity index (χ2v) is 16.1. The molecule has 2 N–H and O–H groups in total. The van der Waals surface area contributed by atoms with Crippen LogP contribution < -0.4 is 0 Å². The summed E-state index contributed by atoms with van der Waals surface area (Å²) in [5.74, 6) is 0. The summed E-state index contributed by atoms with van der Waals surface area (Å²) in [4.78, 5) is 4.76. The zero-order valence-electron chi connectivity index (χ0n) is 33.5. The smallest absolute Gasteiger partial charge is 0.0845 e. The van der Waals surface area contributed by atoms with E-state index in [1.54, 1.807) is 0 Å². The zero-order valence-corrected chi connectivity index (χ0v) is 33.5. The molecule has 1 aliphatic heterocycles. The van der Waals surface area contributed by atoms with Gasteiger partial charge in [0, 0.05) is 72.2 Å². The van der Waals surface area contributed by atoms with E-state index in [-0.39, 0.29) is 0 Å². The van der Waals surface area contributed by atoms with E-state index < -0.39 is 12.2 Å². The number of aryl methyl sites for hydroxylation is 2. The second kappa shape index (κ2) is 16.6. The first-order valence-corrected chi connectivity index (χ1v) is 20.7. The first kappa shape index (κ1) is 37.8. The Morgan fingerprint density at radius 3 is 1.09 bits per heavy atom. The van der Waals surface area contributed by atoms with Crippen LogP contribution in [-0.2, 0) is 13.1 Å². The molecule has 1 aliphatic rings. The van der Waals surface area contributed by atoms with Gasteiger partial charge >= 0.3 is 0 Å². The number of nitrogens with zero attached hydrogens (tertiary/aromatic N) is 4. The summed E-state index contributed by atoms with van der Waals surface area (Å²) >= 11 is 0. The summed E-state index contributed by atoms with van der Waals surface area (Å²) in [6.45, 7) is 9.84. The van der Waals surface area contributed by atoms with Gasteiger partial charge in [-0.05, 0) is 60.4 Å². The van der Waals surface area contributed by atoms with Crippen LogP contribution >= 0.6 is 0 Å². The molecule has 58 heavy (non-hydrogen) atoms. The first-order valence-electron chi connectivity index (χ1n) is 20.7. The molecule has 8 aromatic rings. The molecule has 6 nitrogen and oxygen atoms in total. The van der Waals surface area contributed by atoms with Crippen LogP contribution in [0.15, 0.2) is 158 Å². The maximum atomic E-state index is 11.8. The minimum absolute atomic E-state index is 0.495. The standard InChI is InChI=1S/C52H52N4O2/c1-37-23-25-47-45(31-37)49(39-15-7-3-8-16-39)51(41-19-11-5-12-20-41)55(47)35-43(57)33-53-27-29-54(30-28-53)34-44(58)36-56-48-26-24-38(2)32-46(48)50(40-17-9-4-10-18-40)52(56)42-21-13-6-14-22-42/h3-26,31-32,43-44,57-58H,27-30,33-36H2,1-2H3/t43-,44-/m1/s1. The van der Waals surface area contributed by atoms with Crippen molar-refractivity contribution in [1.29, 1.82) is 0 Å². The van der Waals surface area contributed by atoms with Gasteiger partial charge in [0.15, 0.2) is 0 Å². The van der Waals surface area contributed by atoms with Crippen molar-refractivity contribution < 1.29 is 10.2 Å². The Hall–Kier alpha value is -5.76. The highest BCUT2D eigenvalue weighted by molar-refractivity contribution is 6.06. The van der Waals surface area contributed by atoms with E-state index in [1.165, 1.54) is 44.2 Å². The van der Waals surface area contributed by atoms with Crippen molar-refractivity contribution in [1.82, 2.24) is 18.9 Å². The molecule has 1 saturated heterocycles. The van der Waals surface area contributed by atoms with Gasteiger partial charge in [0.25, 0.3) is 0 Å². The van der Waals surface area contributed by atoms with Crippen molar-refractivity contribution in [2.75, 3.05) is 39.3 Å². The number of hydrogen-bond acceptors (Lipinski definition) is 4. The molecule has 1 fully saturated rings. The SMILES string of the molecule is Cc1ccc2c(c1)c(-c1ccccc1)c(-c1ccccc1)n2C[C@H](O)CN1CCN(C[C@@H](O)Cn2c(-c3ccccc3)c(-c3ccccc3)c3cc(C)ccc32)CC1. The molecule has 0 unspecified atom stereocenters. The molecular weight excluding hydrogens is 713 g/mol. The fraction of sp³-hybridized carbons (Fsp3) is 0.231. The van der Waals surface area contributed by atoms with Gasteiger partial charge in [0.1, 0.15) is 0 Å². The molecule has 2 aromatic heterocycles. The average molecular weight is 765 g/mol. The molecular formula is C52H52N4O2. The third-order valence-electron chi connectivity index (χ3n) is 11.8. The van der Waals surface area contributed by atoms with Crippen LogP contribution in [0.2, 0.25) is 0 Å². The van der Waals surface area contributed by atoms with E-state index in [0.717, 1.165) is 59.7 Å². The number of rotatable bonds is 12. The molecule has 3 heterocycles. The van der Waals surface area contributed by atoms with Gasteiger partial charge in [-0.25, -0.2) is 0 Å². The van der Waals surface area contributed by atoms with Crippen molar-refractivity contribution >= 4 is 21.8 Å². The lowest BCUT2D eigenvalue weighted by Gasteiger charge is -2.36. The van der Waals surface area contributed by atoms with Gasteiger partial charge in [-0.3, -0.25) is 9.80 Å². The van der Waals surface area contributed by atoms with Crippen LogP contribution in [0.1, 0.15) is 11.1 Å². The largest absolute Gasteiger partial charge is 0.390 e. The van der Waals surface area contributed by atoms with Gasteiger partial charge in [-0.2, -0.15) is 0 Å². The van der Waals surface area contributed by atoms with Crippen molar-refractivity contribution in [3.63, 3.8) is 0 Å². The Kier molecular flexibility index (Phi) is 10.8. The molecule has 9 rings (SSSR count). The Morgan fingerprint density at radius 2 is 0.741 bits per heavy atom. The van der Waals surface area contributed by atoms with Crippen LogP contribution in [0, 0.1) is 13.8 Å². The lowest BCUT2D eigenvalue weighted by Crippen LogP contribution is -2.50. The Morgan fingerprint density at radius 1 is 0.414 bits per heavy atom. The fourth-order valence-electron chi connectivity index (χ4n) is 9.19. The van der Waals surface area contributed by atoms with E-state index in [9.17, 15) is 10.2 Å². The molecule has 0 spiro atoms. The maximum Gasteiger partial charge on any atom is 0.0845 e. The molecule has 292 valence electrons. The third kappa shape index (κ3) is 7.64. The summed E-state index contributed by atoms with van der Waals surface area (Å²) in [5.41, 5.74) is 14.0. The number of benzene rings is 6. The topological polar surface area (TPSA) is 56.8 Å². The number of aliphatic hydroxyl groups excluding tert-OH is 2. The molecule has 6 heteroatoms.